The van der Waals surface area contributed by atoms with Crippen LogP contribution < -0.4 is 0 Å². The van der Waals surface area contributed by atoms with E-state index in [0.29, 0.717) is 5.56 Å². The topological polar surface area (TPSA) is 99.2 Å². The molecule has 0 spiro atoms. The van der Waals surface area contributed by atoms with E-state index >= 15 is 0 Å². The third kappa shape index (κ3) is 7.91. The molecule has 41 heavy (non-hydrogen) atoms. The standard InChI is InChI=1S/C31H49NO7Si2/c1-13-19-37-29(36)28(35)32-23(25(27(32)34)21(2)38-40(9,10)30(3,4)5)20-24(33)26(22-17-15-14-16-18-22)39-41(11,12)31(6,7)8/h13-18,21,23,25-26H,1,19-20H2,2-12H3/t21-,23-,25-,26?/m1/s1. The van der Waals surface area contributed by atoms with Crippen molar-refractivity contribution in [1.82, 2.24) is 4.90 Å². The molecule has 0 aliphatic carbocycles. The lowest BCUT2D eigenvalue weighted by atomic mass is 9.79. The van der Waals surface area contributed by atoms with E-state index in [1.807, 2.05) is 30.3 Å². The number of ether oxygens (including phenoxy) is 1. The third-order valence-electron chi connectivity index (χ3n) is 8.81. The Balaban J connectivity index is 2.47. The number of rotatable bonds is 11. The van der Waals surface area contributed by atoms with Crippen molar-refractivity contribution >= 4 is 40.2 Å². The number of amides is 2. The Hall–Kier alpha value is -2.41. The maximum Gasteiger partial charge on any atom is 0.397 e. The van der Waals surface area contributed by atoms with Crippen molar-refractivity contribution in [3.05, 3.63) is 48.6 Å². The van der Waals surface area contributed by atoms with E-state index in [1.54, 1.807) is 6.92 Å². The Morgan fingerprint density at radius 1 is 0.951 bits per heavy atom. The Morgan fingerprint density at radius 3 is 1.95 bits per heavy atom. The molecule has 228 valence electrons. The number of Topliss-reactive ketones (excluding diaryl/α,β-unsaturated/α-hetero) is 1. The second-order valence-electron chi connectivity index (χ2n) is 13.9. The van der Waals surface area contributed by atoms with Crippen molar-refractivity contribution in [1.29, 1.82) is 0 Å². The molecule has 0 N–H and O–H groups in total. The summed E-state index contributed by atoms with van der Waals surface area (Å²) >= 11 is 0. The SMILES string of the molecule is C=CCOC(=O)C(=O)N1C(=O)[C@H]([C@@H](C)O[Si](C)(C)C(C)(C)C)[C@H]1CC(=O)C(O[Si](C)(C)C(C)(C)C)c1ccccc1. The van der Waals surface area contributed by atoms with Gasteiger partial charge in [-0.2, -0.15) is 0 Å². The van der Waals surface area contributed by atoms with Gasteiger partial charge in [-0.15, -0.1) is 0 Å². The number of likely N-dealkylation sites (tertiary alicyclic amines) is 1. The molecule has 0 saturated carbocycles. The van der Waals surface area contributed by atoms with Gasteiger partial charge in [0.1, 0.15) is 12.7 Å². The second-order valence-corrected chi connectivity index (χ2v) is 23.4. The lowest BCUT2D eigenvalue weighted by Crippen LogP contribution is -2.69. The van der Waals surface area contributed by atoms with Gasteiger partial charge in [0, 0.05) is 6.42 Å². The number of carbonyl (C=O) groups is 4. The quantitative estimate of drug-likeness (QED) is 0.0976. The van der Waals surface area contributed by atoms with Crippen LogP contribution in [0.25, 0.3) is 0 Å². The first-order valence-electron chi connectivity index (χ1n) is 14.2. The van der Waals surface area contributed by atoms with Crippen LogP contribution in [0.15, 0.2) is 43.0 Å². The number of nitrogens with zero attached hydrogens (tertiary/aromatic N) is 1. The number of hydrogen-bond acceptors (Lipinski definition) is 7. The van der Waals surface area contributed by atoms with E-state index in [1.165, 1.54) is 6.08 Å². The molecule has 1 heterocycles. The average molecular weight is 604 g/mol. The summed E-state index contributed by atoms with van der Waals surface area (Å²) in [7, 11) is -4.70. The zero-order valence-corrected chi connectivity index (χ0v) is 28.7. The van der Waals surface area contributed by atoms with Crippen LogP contribution in [0.5, 0.6) is 0 Å². The van der Waals surface area contributed by atoms with Gasteiger partial charge in [0.05, 0.1) is 18.1 Å². The summed E-state index contributed by atoms with van der Waals surface area (Å²) in [5.74, 6) is -3.83. The van der Waals surface area contributed by atoms with Crippen LogP contribution in [0.3, 0.4) is 0 Å². The zero-order valence-electron chi connectivity index (χ0n) is 26.7. The Kier molecular flexibility index (Phi) is 10.9. The van der Waals surface area contributed by atoms with Crippen molar-refractivity contribution in [2.45, 2.75) is 109 Å². The number of esters is 1. The first kappa shape index (κ1) is 34.8. The van der Waals surface area contributed by atoms with E-state index < -0.39 is 58.6 Å². The number of benzene rings is 1. The number of ketones is 1. The minimum atomic E-state index is -2.40. The molecule has 0 radical (unpaired) electrons. The number of β-lactam (4-membered cyclic amide) rings is 1. The zero-order chi connectivity index (χ0) is 31.6. The highest BCUT2D eigenvalue weighted by Crippen LogP contribution is 2.43. The fourth-order valence-corrected chi connectivity index (χ4v) is 6.93. The van der Waals surface area contributed by atoms with Crippen LogP contribution in [-0.2, 0) is 32.8 Å². The largest absolute Gasteiger partial charge is 0.454 e. The molecule has 4 atom stereocenters. The van der Waals surface area contributed by atoms with Gasteiger partial charge in [-0.25, -0.2) is 4.79 Å². The summed E-state index contributed by atoms with van der Waals surface area (Å²) < 4.78 is 18.1. The van der Waals surface area contributed by atoms with Gasteiger partial charge < -0.3 is 13.6 Å². The van der Waals surface area contributed by atoms with Gasteiger partial charge in [0.25, 0.3) is 0 Å². The molecule has 10 heteroatoms. The summed E-state index contributed by atoms with van der Waals surface area (Å²) in [5.41, 5.74) is 0.707. The van der Waals surface area contributed by atoms with Crippen LogP contribution in [0, 0.1) is 5.92 Å². The van der Waals surface area contributed by atoms with E-state index in [9.17, 15) is 19.2 Å². The summed E-state index contributed by atoms with van der Waals surface area (Å²) in [6, 6.07) is 8.39. The highest BCUT2D eigenvalue weighted by Gasteiger charge is 2.57. The van der Waals surface area contributed by atoms with E-state index in [4.69, 9.17) is 13.6 Å². The average Bonchev–Trinajstić information content (AvgIpc) is 2.84. The summed E-state index contributed by atoms with van der Waals surface area (Å²) in [6.07, 6.45) is -0.276. The molecule has 2 rings (SSSR count). The second kappa shape index (κ2) is 12.8. The Bertz CT molecular complexity index is 1140. The van der Waals surface area contributed by atoms with Crippen molar-refractivity contribution in [3.63, 3.8) is 0 Å². The predicted octanol–water partition coefficient (Wildman–Crippen LogP) is 6.20. The maximum atomic E-state index is 14.1. The van der Waals surface area contributed by atoms with Gasteiger partial charge in [-0.1, -0.05) is 84.5 Å². The number of imide groups is 1. The molecule has 0 bridgehead atoms. The monoisotopic (exact) mass is 603 g/mol. The van der Waals surface area contributed by atoms with Crippen molar-refractivity contribution in [3.8, 4) is 0 Å². The van der Waals surface area contributed by atoms with Crippen molar-refractivity contribution in [2.75, 3.05) is 6.61 Å². The molecule has 1 fully saturated rings. The Morgan fingerprint density at radius 2 is 1.46 bits per heavy atom. The molecule has 1 aliphatic heterocycles. The molecule has 1 aromatic rings. The predicted molar refractivity (Wildman–Crippen MR) is 165 cm³/mol. The summed E-state index contributed by atoms with van der Waals surface area (Å²) in [5, 5.41) is -0.267. The molecular formula is C31H49NO7Si2. The fraction of sp³-hybridized carbons (Fsp3) is 0.613. The molecular weight excluding hydrogens is 555 g/mol. The summed E-state index contributed by atoms with van der Waals surface area (Å²) in [4.78, 5) is 53.9. The lowest BCUT2D eigenvalue weighted by Gasteiger charge is -2.50. The molecule has 1 aromatic carbocycles. The summed E-state index contributed by atoms with van der Waals surface area (Å²) in [6.45, 7) is 26.0. The molecule has 8 nitrogen and oxygen atoms in total. The number of hydrogen-bond donors (Lipinski definition) is 0. The van der Waals surface area contributed by atoms with Crippen molar-refractivity contribution < 1.29 is 32.8 Å². The van der Waals surface area contributed by atoms with Crippen LogP contribution in [-0.4, -0.2) is 63.9 Å². The molecule has 1 saturated heterocycles. The highest BCUT2D eigenvalue weighted by molar-refractivity contribution is 6.74. The van der Waals surface area contributed by atoms with Gasteiger partial charge in [-0.05, 0) is 48.8 Å². The highest BCUT2D eigenvalue weighted by atomic mass is 28.4. The minimum absolute atomic E-state index is 0.112. The van der Waals surface area contributed by atoms with Crippen LogP contribution in [0.1, 0.15) is 66.6 Å². The molecule has 2 amide bonds. The first-order chi connectivity index (χ1) is 18.7. The molecule has 1 aliphatic rings. The van der Waals surface area contributed by atoms with E-state index in [0.717, 1.165) is 4.90 Å². The third-order valence-corrected chi connectivity index (χ3v) is 17.8. The van der Waals surface area contributed by atoms with Crippen LogP contribution in [0.4, 0.5) is 0 Å². The Labute approximate surface area is 248 Å². The van der Waals surface area contributed by atoms with Gasteiger partial charge in [0.15, 0.2) is 22.4 Å². The maximum absolute atomic E-state index is 14.1. The number of carbonyl (C=O) groups excluding carboxylic acids is 4. The van der Waals surface area contributed by atoms with Crippen LogP contribution >= 0.6 is 0 Å². The van der Waals surface area contributed by atoms with Gasteiger partial charge in [-0.3, -0.25) is 19.3 Å². The molecule has 1 unspecified atom stereocenters. The van der Waals surface area contributed by atoms with E-state index in [2.05, 4.69) is 74.3 Å². The van der Waals surface area contributed by atoms with Gasteiger partial charge in [0.2, 0.25) is 5.91 Å². The molecule has 0 aromatic heterocycles. The fourth-order valence-electron chi connectivity index (χ4n) is 4.29. The normalized spacial score (nSPS) is 19.7. The van der Waals surface area contributed by atoms with Crippen molar-refractivity contribution in [2.24, 2.45) is 5.92 Å². The lowest BCUT2D eigenvalue weighted by molar-refractivity contribution is -0.180. The first-order valence-corrected chi connectivity index (χ1v) is 20.1. The van der Waals surface area contributed by atoms with Gasteiger partial charge >= 0.3 is 11.9 Å². The smallest absolute Gasteiger partial charge is 0.397 e. The van der Waals surface area contributed by atoms with E-state index in [-0.39, 0.29) is 28.9 Å². The minimum Gasteiger partial charge on any atom is -0.454 e. The van der Waals surface area contributed by atoms with Crippen LogP contribution in [0.2, 0.25) is 36.3 Å².